The number of nitrogens with one attached hydrogen (secondary N) is 1. The van der Waals surface area contributed by atoms with Gasteiger partial charge in [0.25, 0.3) is 5.69 Å². The van der Waals surface area contributed by atoms with Crippen LogP contribution in [0, 0.1) is 17.0 Å². The van der Waals surface area contributed by atoms with E-state index in [1.165, 1.54) is 0 Å². The number of nitro groups is 1. The number of rotatable bonds is 2. The summed E-state index contributed by atoms with van der Waals surface area (Å²) in [6.07, 6.45) is 0. The van der Waals surface area contributed by atoms with E-state index in [1.807, 2.05) is 12.1 Å². The van der Waals surface area contributed by atoms with Crippen LogP contribution in [-0.2, 0) is 0 Å². The number of piperazine rings is 1. The third-order valence-electron chi connectivity index (χ3n) is 3.22. The van der Waals surface area contributed by atoms with E-state index in [0.29, 0.717) is 11.6 Å². The molecule has 0 amide bonds. The molecule has 0 aromatic heterocycles. The number of aryl methyl sites for hydroxylation is 1. The van der Waals surface area contributed by atoms with Crippen LogP contribution in [0.5, 0.6) is 0 Å². The first-order valence-corrected chi connectivity index (χ1v) is 5.82. The average Bonchev–Trinajstić information content (AvgIpc) is 2.30. The van der Waals surface area contributed by atoms with Crippen molar-refractivity contribution < 1.29 is 4.92 Å². The first-order chi connectivity index (χ1) is 8.09. The van der Waals surface area contributed by atoms with Crippen LogP contribution in [0.15, 0.2) is 18.2 Å². The summed E-state index contributed by atoms with van der Waals surface area (Å²) < 4.78 is 0. The Balaban J connectivity index is 2.32. The minimum Gasteiger partial charge on any atom is -0.366 e. The van der Waals surface area contributed by atoms with Crippen molar-refractivity contribution in [1.29, 1.82) is 0 Å². The highest BCUT2D eigenvalue weighted by Crippen LogP contribution is 2.26. The Hall–Kier alpha value is -1.62. The summed E-state index contributed by atoms with van der Waals surface area (Å²) in [5, 5.41) is 14.2. The fourth-order valence-corrected chi connectivity index (χ4v) is 2.20. The normalized spacial score (nSPS) is 20.4. The molecule has 2 rings (SSSR count). The third kappa shape index (κ3) is 2.39. The van der Waals surface area contributed by atoms with E-state index in [4.69, 9.17) is 0 Å². The third-order valence-corrected chi connectivity index (χ3v) is 3.22. The zero-order chi connectivity index (χ0) is 12.4. The number of hydrogen-bond acceptors (Lipinski definition) is 4. The molecule has 0 aliphatic carbocycles. The topological polar surface area (TPSA) is 58.4 Å². The van der Waals surface area contributed by atoms with Crippen LogP contribution in [0.1, 0.15) is 12.5 Å². The molecule has 0 saturated carbocycles. The van der Waals surface area contributed by atoms with Crippen LogP contribution in [0.25, 0.3) is 0 Å². The summed E-state index contributed by atoms with van der Waals surface area (Å²) in [6, 6.07) is 5.83. The molecule has 0 radical (unpaired) electrons. The van der Waals surface area contributed by atoms with Crippen LogP contribution < -0.4 is 10.2 Å². The maximum Gasteiger partial charge on any atom is 0.274 e. The molecule has 1 aromatic carbocycles. The van der Waals surface area contributed by atoms with E-state index in [2.05, 4.69) is 17.1 Å². The molecule has 0 bridgehead atoms. The molecule has 1 aromatic rings. The molecule has 1 atom stereocenters. The number of nitrogens with zero attached hydrogens (tertiary/aromatic N) is 2. The zero-order valence-electron chi connectivity index (χ0n) is 10.1. The number of hydrogen-bond donors (Lipinski definition) is 1. The second kappa shape index (κ2) is 4.71. The predicted molar refractivity (Wildman–Crippen MR) is 67.5 cm³/mol. The molecule has 1 fully saturated rings. The molecule has 1 unspecified atom stereocenters. The summed E-state index contributed by atoms with van der Waals surface area (Å²) in [5.41, 5.74) is 1.85. The fraction of sp³-hybridized carbons (Fsp3) is 0.500. The van der Waals surface area contributed by atoms with E-state index in [9.17, 15) is 10.1 Å². The van der Waals surface area contributed by atoms with E-state index >= 15 is 0 Å². The van der Waals surface area contributed by atoms with Gasteiger partial charge < -0.3 is 10.2 Å². The van der Waals surface area contributed by atoms with Gasteiger partial charge in [0.2, 0.25) is 0 Å². The highest BCUT2D eigenvalue weighted by molar-refractivity contribution is 5.57. The van der Waals surface area contributed by atoms with Gasteiger partial charge in [0.15, 0.2) is 0 Å². The van der Waals surface area contributed by atoms with Gasteiger partial charge in [-0.05, 0) is 19.9 Å². The van der Waals surface area contributed by atoms with Gasteiger partial charge >= 0.3 is 0 Å². The van der Waals surface area contributed by atoms with Gasteiger partial charge in [-0.15, -0.1) is 0 Å². The smallest absolute Gasteiger partial charge is 0.274 e. The van der Waals surface area contributed by atoms with E-state index in [1.54, 1.807) is 13.0 Å². The summed E-state index contributed by atoms with van der Waals surface area (Å²) in [5.74, 6) is 0. The fourth-order valence-electron chi connectivity index (χ4n) is 2.20. The molecular formula is C12H17N3O2. The summed E-state index contributed by atoms with van der Waals surface area (Å²) in [7, 11) is 0. The van der Waals surface area contributed by atoms with Gasteiger partial charge in [-0.2, -0.15) is 0 Å². The molecular weight excluding hydrogens is 218 g/mol. The molecule has 92 valence electrons. The lowest BCUT2D eigenvalue weighted by Crippen LogP contribution is -2.49. The van der Waals surface area contributed by atoms with Gasteiger partial charge in [0, 0.05) is 43.0 Å². The van der Waals surface area contributed by atoms with Crippen molar-refractivity contribution >= 4 is 11.4 Å². The van der Waals surface area contributed by atoms with Crippen molar-refractivity contribution in [3.8, 4) is 0 Å². The molecule has 1 aliphatic rings. The van der Waals surface area contributed by atoms with E-state index in [-0.39, 0.29) is 10.6 Å². The lowest BCUT2D eigenvalue weighted by Gasteiger charge is -2.35. The Morgan fingerprint density at radius 3 is 2.94 bits per heavy atom. The first kappa shape index (κ1) is 11.9. The average molecular weight is 235 g/mol. The van der Waals surface area contributed by atoms with Crippen LogP contribution in [-0.4, -0.2) is 30.6 Å². The van der Waals surface area contributed by atoms with Crippen molar-refractivity contribution in [2.24, 2.45) is 0 Å². The lowest BCUT2D eigenvalue weighted by molar-refractivity contribution is -0.385. The minimum atomic E-state index is -0.314. The Morgan fingerprint density at radius 2 is 2.29 bits per heavy atom. The minimum absolute atomic E-state index is 0.202. The lowest BCUT2D eigenvalue weighted by atomic mass is 10.1. The largest absolute Gasteiger partial charge is 0.366 e. The van der Waals surface area contributed by atoms with Crippen LogP contribution in [0.2, 0.25) is 0 Å². The van der Waals surface area contributed by atoms with Crippen molar-refractivity contribution in [2.45, 2.75) is 19.9 Å². The van der Waals surface area contributed by atoms with Gasteiger partial charge in [0.1, 0.15) is 0 Å². The standard InChI is InChI=1S/C12H17N3O2/c1-9-3-4-11(7-12(9)15(16)17)14-6-5-13-8-10(14)2/h3-4,7,10,13H,5-6,8H2,1-2H3. The maximum atomic E-state index is 10.9. The quantitative estimate of drug-likeness (QED) is 0.626. The highest BCUT2D eigenvalue weighted by atomic mass is 16.6. The van der Waals surface area contributed by atoms with Crippen molar-refractivity contribution in [3.05, 3.63) is 33.9 Å². The van der Waals surface area contributed by atoms with Crippen LogP contribution >= 0.6 is 0 Å². The molecule has 0 spiro atoms. The second-order valence-corrected chi connectivity index (χ2v) is 4.47. The van der Waals surface area contributed by atoms with Gasteiger partial charge in [-0.3, -0.25) is 10.1 Å². The van der Waals surface area contributed by atoms with E-state index < -0.39 is 0 Å². The van der Waals surface area contributed by atoms with Crippen molar-refractivity contribution in [2.75, 3.05) is 24.5 Å². The van der Waals surface area contributed by atoms with E-state index in [0.717, 1.165) is 25.3 Å². The maximum absolute atomic E-state index is 10.9. The molecule has 17 heavy (non-hydrogen) atoms. The Kier molecular flexibility index (Phi) is 3.28. The first-order valence-electron chi connectivity index (χ1n) is 5.82. The molecule has 1 saturated heterocycles. The summed E-state index contributed by atoms with van der Waals surface area (Å²) in [4.78, 5) is 12.8. The molecule has 5 nitrogen and oxygen atoms in total. The number of anilines is 1. The molecule has 5 heteroatoms. The summed E-state index contributed by atoms with van der Waals surface area (Å²) >= 11 is 0. The zero-order valence-corrected chi connectivity index (χ0v) is 10.1. The Labute approximate surface area is 101 Å². The Morgan fingerprint density at radius 1 is 1.53 bits per heavy atom. The highest BCUT2D eigenvalue weighted by Gasteiger charge is 2.20. The molecule has 1 N–H and O–H groups in total. The molecule has 1 heterocycles. The second-order valence-electron chi connectivity index (χ2n) is 4.47. The van der Waals surface area contributed by atoms with Crippen molar-refractivity contribution in [3.63, 3.8) is 0 Å². The SMILES string of the molecule is Cc1ccc(N2CCNCC2C)cc1[N+](=O)[O-]. The van der Waals surface area contributed by atoms with Gasteiger partial charge in [-0.25, -0.2) is 0 Å². The number of benzene rings is 1. The monoisotopic (exact) mass is 235 g/mol. The number of nitro benzene ring substituents is 1. The van der Waals surface area contributed by atoms with Crippen molar-refractivity contribution in [1.82, 2.24) is 5.32 Å². The van der Waals surface area contributed by atoms with Crippen LogP contribution in [0.3, 0.4) is 0 Å². The molecule has 1 aliphatic heterocycles. The predicted octanol–water partition coefficient (Wildman–Crippen LogP) is 1.70. The van der Waals surface area contributed by atoms with Gasteiger partial charge in [-0.1, -0.05) is 6.07 Å². The Bertz CT molecular complexity index is 434. The van der Waals surface area contributed by atoms with Crippen LogP contribution in [0.4, 0.5) is 11.4 Å². The van der Waals surface area contributed by atoms with Gasteiger partial charge in [0.05, 0.1) is 4.92 Å². The summed E-state index contributed by atoms with van der Waals surface area (Å²) in [6.45, 7) is 6.62.